The molecule has 0 N–H and O–H groups in total. The maximum Gasteiger partial charge on any atom is 1.00 e. The van der Waals surface area contributed by atoms with Crippen molar-refractivity contribution in [3.63, 3.8) is 0 Å². The van der Waals surface area contributed by atoms with Crippen LogP contribution in [0.3, 0.4) is 0 Å². The standard InChI is InChI=1S/C18H28O/c1-15(2)9-6-10-16(3)11-7-12-17(4)13-8-14-18(5)19/h8-9,11H,6-7,10,12,14H2,1-5H3/p+1. The van der Waals surface area contributed by atoms with E-state index in [9.17, 15) is 4.79 Å². The first kappa shape index (κ1) is 17.7. The zero-order valence-electron chi connectivity index (χ0n) is 14.2. The Morgan fingerprint density at radius 3 is 2.21 bits per heavy atom. The molecule has 0 amide bonds. The molecule has 0 saturated heterocycles. The van der Waals surface area contributed by atoms with Crippen molar-refractivity contribution in [3.8, 4) is 0 Å². The molecule has 0 bridgehead atoms. The molecule has 0 unspecified atom stereocenters. The van der Waals surface area contributed by atoms with Crippen LogP contribution in [-0.4, -0.2) is 5.78 Å². The molecular formula is C18H29O+. The van der Waals surface area contributed by atoms with E-state index in [1.54, 1.807) is 6.92 Å². The van der Waals surface area contributed by atoms with Crippen molar-refractivity contribution < 1.29 is 6.22 Å². The molecule has 0 heterocycles. The minimum Gasteiger partial charge on any atom is -0.300 e. The Morgan fingerprint density at radius 2 is 1.63 bits per heavy atom. The van der Waals surface area contributed by atoms with Gasteiger partial charge in [0.2, 0.25) is 0 Å². The maximum absolute atomic E-state index is 10.8. The lowest BCUT2D eigenvalue weighted by Crippen LogP contribution is -1.83. The van der Waals surface area contributed by atoms with Gasteiger partial charge in [-0.2, -0.15) is 0 Å². The molecule has 1 heteroatoms. The van der Waals surface area contributed by atoms with E-state index in [1.807, 2.05) is 6.08 Å². The molecule has 0 aromatic heterocycles. The molecule has 0 aliphatic carbocycles. The number of hydrogen-bond donors (Lipinski definition) is 0. The highest BCUT2D eigenvalue weighted by Gasteiger charge is 1.91. The second-order valence-electron chi connectivity index (χ2n) is 5.44. The van der Waals surface area contributed by atoms with Crippen molar-refractivity contribution in [2.45, 2.75) is 66.7 Å². The van der Waals surface area contributed by atoms with E-state index in [2.05, 4.69) is 45.6 Å². The lowest BCUT2D eigenvalue weighted by molar-refractivity contribution is -0.116. The SMILES string of the molecule is CC(=O)CC=C=C(C)CCC=C(C)CCC=C(C)C.[H+]. The van der Waals surface area contributed by atoms with Crippen molar-refractivity contribution in [3.05, 3.63) is 40.7 Å². The number of allylic oxidation sites excluding steroid dienone is 5. The molecule has 0 aromatic carbocycles. The minimum atomic E-state index is 0. The van der Waals surface area contributed by atoms with Gasteiger partial charge in [0, 0.05) is 6.42 Å². The maximum atomic E-state index is 10.8. The van der Waals surface area contributed by atoms with Crippen molar-refractivity contribution in [1.82, 2.24) is 0 Å². The summed E-state index contributed by atoms with van der Waals surface area (Å²) in [6.07, 6.45) is 11.3. The predicted molar refractivity (Wildman–Crippen MR) is 85.3 cm³/mol. The smallest absolute Gasteiger partial charge is 0.300 e. The Labute approximate surface area is 120 Å². The summed E-state index contributed by atoms with van der Waals surface area (Å²) in [5.41, 5.74) is 7.24. The summed E-state index contributed by atoms with van der Waals surface area (Å²) in [4.78, 5) is 10.8. The Hall–Kier alpha value is -1.33. The Morgan fingerprint density at radius 1 is 1.00 bits per heavy atom. The first-order valence-corrected chi connectivity index (χ1v) is 7.11. The van der Waals surface area contributed by atoms with E-state index in [-0.39, 0.29) is 7.21 Å². The number of Topliss-reactive ketones (excluding diaryl/α,β-unsaturated/α-hetero) is 1. The van der Waals surface area contributed by atoms with Gasteiger partial charge in [0.1, 0.15) is 5.78 Å². The predicted octanol–water partition coefficient (Wildman–Crippen LogP) is 5.65. The fraction of sp³-hybridized carbons (Fsp3) is 0.556. The highest BCUT2D eigenvalue weighted by atomic mass is 16.1. The Balaban J connectivity index is 0. The lowest BCUT2D eigenvalue weighted by atomic mass is 10.1. The molecule has 19 heavy (non-hydrogen) atoms. The van der Waals surface area contributed by atoms with Gasteiger partial charge in [-0.3, -0.25) is 4.79 Å². The van der Waals surface area contributed by atoms with Gasteiger partial charge in [0.05, 0.1) is 0 Å². The molecular weight excluding hydrogens is 232 g/mol. The highest BCUT2D eigenvalue weighted by molar-refractivity contribution is 5.76. The van der Waals surface area contributed by atoms with Crippen molar-refractivity contribution in [2.75, 3.05) is 0 Å². The van der Waals surface area contributed by atoms with Crippen molar-refractivity contribution >= 4 is 5.78 Å². The molecule has 0 saturated carbocycles. The summed E-state index contributed by atoms with van der Waals surface area (Å²) in [7, 11) is 0. The van der Waals surface area contributed by atoms with Gasteiger partial charge in [0.15, 0.2) is 0 Å². The number of carbonyl (C=O) groups excluding carboxylic acids is 1. The average Bonchev–Trinajstić information content (AvgIpc) is 2.27. The minimum absolute atomic E-state index is 0. The summed E-state index contributed by atoms with van der Waals surface area (Å²) in [5, 5.41) is 0. The van der Waals surface area contributed by atoms with Crippen LogP contribution >= 0.6 is 0 Å². The van der Waals surface area contributed by atoms with Crippen LogP contribution in [0.25, 0.3) is 0 Å². The first-order valence-electron chi connectivity index (χ1n) is 7.11. The number of rotatable bonds is 8. The molecule has 0 rings (SSSR count). The van der Waals surface area contributed by atoms with Crippen LogP contribution < -0.4 is 0 Å². The molecule has 1 nitrogen and oxygen atoms in total. The summed E-state index contributed by atoms with van der Waals surface area (Å²) in [6.45, 7) is 10.2. The molecule has 0 fully saturated rings. The fourth-order valence-electron chi connectivity index (χ4n) is 1.67. The van der Waals surface area contributed by atoms with Crippen LogP contribution in [0.15, 0.2) is 40.7 Å². The normalized spacial score (nSPS) is 10.7. The van der Waals surface area contributed by atoms with Crippen LogP contribution in [0.4, 0.5) is 0 Å². The summed E-state index contributed by atoms with van der Waals surface area (Å²) in [6, 6.07) is 0. The van der Waals surface area contributed by atoms with Crippen LogP contribution in [0.2, 0.25) is 0 Å². The number of ketones is 1. The van der Waals surface area contributed by atoms with Crippen LogP contribution in [0.1, 0.15) is 68.1 Å². The molecule has 0 aliphatic heterocycles. The largest absolute Gasteiger partial charge is 1.00 e. The number of hydrogen-bond acceptors (Lipinski definition) is 1. The van der Waals surface area contributed by atoms with E-state index >= 15 is 0 Å². The fourth-order valence-corrected chi connectivity index (χ4v) is 1.67. The molecule has 0 aromatic rings. The lowest BCUT2D eigenvalue weighted by Gasteiger charge is -1.99. The van der Waals surface area contributed by atoms with E-state index in [0.29, 0.717) is 6.42 Å². The van der Waals surface area contributed by atoms with E-state index in [4.69, 9.17) is 0 Å². The van der Waals surface area contributed by atoms with Gasteiger partial charge < -0.3 is 0 Å². The van der Waals surface area contributed by atoms with E-state index < -0.39 is 0 Å². The molecule has 0 spiro atoms. The average molecular weight is 261 g/mol. The third-order valence-corrected chi connectivity index (χ3v) is 2.84. The molecule has 106 valence electrons. The number of carbonyl (C=O) groups is 1. The molecule has 0 radical (unpaired) electrons. The van der Waals surface area contributed by atoms with Crippen LogP contribution in [0.5, 0.6) is 0 Å². The van der Waals surface area contributed by atoms with Gasteiger partial charge >= 0.3 is 1.43 Å². The van der Waals surface area contributed by atoms with Gasteiger partial charge in [0.25, 0.3) is 0 Å². The zero-order chi connectivity index (χ0) is 14.7. The van der Waals surface area contributed by atoms with Gasteiger partial charge in [-0.15, -0.1) is 5.73 Å². The summed E-state index contributed by atoms with van der Waals surface area (Å²) >= 11 is 0. The Bertz CT molecular complexity index is 403. The highest BCUT2D eigenvalue weighted by Crippen LogP contribution is 2.10. The first-order chi connectivity index (χ1) is 8.91. The third kappa shape index (κ3) is 12.9. The summed E-state index contributed by atoms with van der Waals surface area (Å²) < 4.78 is 0. The molecule has 0 aliphatic rings. The monoisotopic (exact) mass is 261 g/mol. The van der Waals surface area contributed by atoms with Crippen LogP contribution in [0, 0.1) is 0 Å². The van der Waals surface area contributed by atoms with E-state index in [1.165, 1.54) is 16.7 Å². The van der Waals surface area contributed by atoms with Gasteiger partial charge in [-0.1, -0.05) is 23.3 Å². The van der Waals surface area contributed by atoms with Crippen molar-refractivity contribution in [2.24, 2.45) is 0 Å². The topological polar surface area (TPSA) is 17.1 Å². The summed E-state index contributed by atoms with van der Waals surface area (Å²) in [5.74, 6) is 0.190. The van der Waals surface area contributed by atoms with Gasteiger partial charge in [-0.05, 0) is 72.0 Å². The van der Waals surface area contributed by atoms with E-state index in [0.717, 1.165) is 25.7 Å². The Kier molecular flexibility index (Phi) is 9.84. The molecule has 0 atom stereocenters. The second-order valence-corrected chi connectivity index (χ2v) is 5.44. The third-order valence-electron chi connectivity index (χ3n) is 2.84. The van der Waals surface area contributed by atoms with Crippen molar-refractivity contribution in [1.29, 1.82) is 0 Å². The zero-order valence-corrected chi connectivity index (χ0v) is 13.2. The van der Waals surface area contributed by atoms with Crippen LogP contribution in [-0.2, 0) is 4.79 Å². The van der Waals surface area contributed by atoms with Gasteiger partial charge in [-0.25, -0.2) is 0 Å². The second kappa shape index (κ2) is 10.6. The quantitative estimate of drug-likeness (QED) is 0.407.